The van der Waals surface area contributed by atoms with Crippen LogP contribution in [0.5, 0.6) is 5.75 Å². The maximum atomic E-state index is 5.81. The largest absolute Gasteiger partial charge is 0.486 e. The topological polar surface area (TPSA) is 39.9 Å². The van der Waals surface area contributed by atoms with E-state index in [1.54, 1.807) is 11.8 Å². The predicted octanol–water partition coefficient (Wildman–Crippen LogP) is 4.30. The second-order valence-corrected chi connectivity index (χ2v) is 6.78. The summed E-state index contributed by atoms with van der Waals surface area (Å²) in [7, 11) is 1.98. The molecule has 0 N–H and O–H groups in total. The van der Waals surface area contributed by atoms with Gasteiger partial charge in [0.05, 0.1) is 0 Å². The Morgan fingerprint density at radius 1 is 1.00 bits per heavy atom. The van der Waals surface area contributed by atoms with Gasteiger partial charge in [-0.1, -0.05) is 53.7 Å². The summed E-state index contributed by atoms with van der Waals surface area (Å²) in [5.41, 5.74) is 3.74. The van der Waals surface area contributed by atoms with Crippen LogP contribution >= 0.6 is 11.8 Å². The van der Waals surface area contributed by atoms with E-state index >= 15 is 0 Å². The molecule has 0 aliphatic carbocycles. The molecule has 2 aromatic carbocycles. The van der Waals surface area contributed by atoms with Gasteiger partial charge in [-0.2, -0.15) is 0 Å². The Morgan fingerprint density at radius 3 is 2.54 bits per heavy atom. The number of thioether (sulfide) groups is 1. The van der Waals surface area contributed by atoms with Crippen molar-refractivity contribution in [2.45, 2.75) is 31.4 Å². The lowest BCUT2D eigenvalue weighted by Crippen LogP contribution is -2.04. The van der Waals surface area contributed by atoms with E-state index < -0.39 is 0 Å². The smallest absolute Gasteiger partial charge is 0.191 e. The molecule has 0 bridgehead atoms. The summed E-state index contributed by atoms with van der Waals surface area (Å²) in [5.74, 6) is 2.56. The minimum Gasteiger partial charge on any atom is -0.486 e. The van der Waals surface area contributed by atoms with Crippen molar-refractivity contribution in [3.63, 3.8) is 0 Å². The minimum absolute atomic E-state index is 0.415. The number of rotatable bonds is 6. The van der Waals surface area contributed by atoms with Crippen molar-refractivity contribution in [2.24, 2.45) is 7.05 Å². The zero-order valence-corrected chi connectivity index (χ0v) is 15.0. The summed E-state index contributed by atoms with van der Waals surface area (Å²) >= 11 is 1.68. The molecule has 4 nitrogen and oxygen atoms in total. The van der Waals surface area contributed by atoms with Crippen LogP contribution in [0.15, 0.2) is 53.7 Å². The van der Waals surface area contributed by atoms with E-state index in [1.807, 2.05) is 29.8 Å². The van der Waals surface area contributed by atoms with Crippen molar-refractivity contribution >= 4 is 11.8 Å². The van der Waals surface area contributed by atoms with Crippen molar-refractivity contribution in [3.05, 3.63) is 71.0 Å². The zero-order chi connectivity index (χ0) is 16.9. The van der Waals surface area contributed by atoms with E-state index in [2.05, 4.69) is 54.4 Å². The first-order valence-corrected chi connectivity index (χ1v) is 8.86. The second-order valence-electron chi connectivity index (χ2n) is 5.84. The average Bonchev–Trinajstić information content (AvgIpc) is 2.93. The van der Waals surface area contributed by atoms with Gasteiger partial charge in [0, 0.05) is 12.8 Å². The SMILES string of the molecule is Cc1ccc(CSc2nnc(COc3cccc(C)c3)n2C)cc1. The third kappa shape index (κ3) is 4.17. The molecule has 0 saturated carbocycles. The van der Waals surface area contributed by atoms with E-state index in [0.717, 1.165) is 22.5 Å². The molecular weight excluding hydrogens is 318 g/mol. The first kappa shape index (κ1) is 16.6. The second kappa shape index (κ2) is 7.53. The molecule has 0 aliphatic heterocycles. The van der Waals surface area contributed by atoms with Gasteiger partial charge in [0.1, 0.15) is 12.4 Å². The molecule has 24 heavy (non-hydrogen) atoms. The number of hydrogen-bond acceptors (Lipinski definition) is 4. The van der Waals surface area contributed by atoms with Gasteiger partial charge in [-0.3, -0.25) is 0 Å². The molecule has 1 heterocycles. The fraction of sp³-hybridized carbons (Fsp3) is 0.263. The number of aryl methyl sites for hydroxylation is 2. The lowest BCUT2D eigenvalue weighted by molar-refractivity contribution is 0.290. The standard InChI is InChI=1S/C19H21N3OS/c1-14-7-9-16(10-8-14)13-24-19-21-20-18(22(19)3)12-23-17-6-4-5-15(2)11-17/h4-11H,12-13H2,1-3H3. The molecular formula is C19H21N3OS. The molecule has 1 aromatic heterocycles. The molecule has 0 aliphatic rings. The number of nitrogens with zero attached hydrogens (tertiary/aromatic N) is 3. The Labute approximate surface area is 146 Å². The van der Waals surface area contributed by atoms with Crippen LogP contribution in [0.25, 0.3) is 0 Å². The quantitative estimate of drug-likeness (QED) is 0.628. The Morgan fingerprint density at radius 2 is 1.79 bits per heavy atom. The van der Waals surface area contributed by atoms with Crippen LogP contribution in [0.3, 0.4) is 0 Å². The van der Waals surface area contributed by atoms with Crippen molar-refractivity contribution in [3.8, 4) is 5.75 Å². The monoisotopic (exact) mass is 339 g/mol. The van der Waals surface area contributed by atoms with E-state index in [1.165, 1.54) is 16.7 Å². The van der Waals surface area contributed by atoms with Gasteiger partial charge in [-0.05, 0) is 37.1 Å². The van der Waals surface area contributed by atoms with Gasteiger partial charge in [-0.15, -0.1) is 10.2 Å². The third-order valence-corrected chi connectivity index (χ3v) is 4.86. The number of benzene rings is 2. The van der Waals surface area contributed by atoms with E-state index in [0.29, 0.717) is 6.61 Å². The van der Waals surface area contributed by atoms with Crippen molar-refractivity contribution < 1.29 is 4.74 Å². The lowest BCUT2D eigenvalue weighted by atomic mass is 10.2. The fourth-order valence-electron chi connectivity index (χ4n) is 2.28. The van der Waals surface area contributed by atoms with Crippen LogP contribution in [-0.2, 0) is 19.4 Å². The Hall–Kier alpha value is -2.27. The minimum atomic E-state index is 0.415. The average molecular weight is 339 g/mol. The van der Waals surface area contributed by atoms with Crippen LogP contribution in [-0.4, -0.2) is 14.8 Å². The molecule has 0 fully saturated rings. The zero-order valence-electron chi connectivity index (χ0n) is 14.2. The van der Waals surface area contributed by atoms with Crippen LogP contribution in [0.1, 0.15) is 22.5 Å². The maximum Gasteiger partial charge on any atom is 0.191 e. The molecule has 0 unspecified atom stereocenters. The molecule has 0 radical (unpaired) electrons. The summed E-state index contributed by atoms with van der Waals surface area (Å²) < 4.78 is 7.81. The highest BCUT2D eigenvalue weighted by atomic mass is 32.2. The van der Waals surface area contributed by atoms with Crippen LogP contribution in [0, 0.1) is 13.8 Å². The molecule has 3 aromatic rings. The van der Waals surface area contributed by atoms with Gasteiger partial charge in [0.15, 0.2) is 11.0 Å². The van der Waals surface area contributed by atoms with Crippen molar-refractivity contribution in [2.75, 3.05) is 0 Å². The lowest BCUT2D eigenvalue weighted by Gasteiger charge is -2.07. The van der Waals surface area contributed by atoms with E-state index in [4.69, 9.17) is 4.74 Å². The van der Waals surface area contributed by atoms with Crippen LogP contribution in [0.4, 0.5) is 0 Å². The normalized spacial score (nSPS) is 10.8. The van der Waals surface area contributed by atoms with Gasteiger partial charge in [-0.25, -0.2) is 0 Å². The fourth-order valence-corrected chi connectivity index (χ4v) is 3.17. The first-order chi connectivity index (χ1) is 11.6. The molecule has 0 saturated heterocycles. The Kier molecular flexibility index (Phi) is 5.20. The first-order valence-electron chi connectivity index (χ1n) is 7.88. The van der Waals surface area contributed by atoms with Crippen molar-refractivity contribution in [1.82, 2.24) is 14.8 Å². The molecule has 5 heteroatoms. The molecule has 3 rings (SSSR count). The highest BCUT2D eigenvalue weighted by molar-refractivity contribution is 7.98. The number of hydrogen-bond donors (Lipinski definition) is 0. The van der Waals surface area contributed by atoms with Crippen LogP contribution in [0.2, 0.25) is 0 Å². The maximum absolute atomic E-state index is 5.81. The molecule has 0 atom stereocenters. The van der Waals surface area contributed by atoms with Gasteiger partial charge in [0.2, 0.25) is 0 Å². The molecule has 0 amide bonds. The summed E-state index contributed by atoms with van der Waals surface area (Å²) in [6.45, 7) is 4.56. The van der Waals surface area contributed by atoms with E-state index in [-0.39, 0.29) is 0 Å². The molecule has 124 valence electrons. The summed E-state index contributed by atoms with van der Waals surface area (Å²) in [6.07, 6.45) is 0. The highest BCUT2D eigenvalue weighted by Crippen LogP contribution is 2.22. The third-order valence-electron chi connectivity index (χ3n) is 3.77. The van der Waals surface area contributed by atoms with Gasteiger partial charge >= 0.3 is 0 Å². The summed E-state index contributed by atoms with van der Waals surface area (Å²) in [5, 5.41) is 9.42. The molecule has 0 spiro atoms. The van der Waals surface area contributed by atoms with E-state index in [9.17, 15) is 0 Å². The van der Waals surface area contributed by atoms with Gasteiger partial charge in [0.25, 0.3) is 0 Å². The predicted molar refractivity (Wildman–Crippen MR) is 97.3 cm³/mol. The number of aromatic nitrogens is 3. The highest BCUT2D eigenvalue weighted by Gasteiger charge is 2.10. The van der Waals surface area contributed by atoms with Crippen molar-refractivity contribution in [1.29, 1.82) is 0 Å². The Bertz CT molecular complexity index is 812. The van der Waals surface area contributed by atoms with Gasteiger partial charge < -0.3 is 9.30 Å². The number of ether oxygens (including phenoxy) is 1. The summed E-state index contributed by atoms with van der Waals surface area (Å²) in [4.78, 5) is 0. The van der Waals surface area contributed by atoms with Crippen LogP contribution < -0.4 is 4.74 Å². The Balaban J connectivity index is 1.60. The summed E-state index contributed by atoms with van der Waals surface area (Å²) in [6, 6.07) is 16.6.